The van der Waals surface area contributed by atoms with Crippen LogP contribution in [0.25, 0.3) is 0 Å². The summed E-state index contributed by atoms with van der Waals surface area (Å²) in [6.07, 6.45) is 1.43. The Morgan fingerprint density at radius 3 is 3.00 bits per heavy atom. The molecule has 0 unspecified atom stereocenters. The second kappa shape index (κ2) is 5.50. The van der Waals surface area contributed by atoms with Crippen LogP contribution in [-0.2, 0) is 5.75 Å². The lowest BCUT2D eigenvalue weighted by molar-refractivity contribution is -0.384. The lowest BCUT2D eigenvalue weighted by atomic mass is 10.2. The van der Waals surface area contributed by atoms with Gasteiger partial charge in [0, 0.05) is 18.9 Å². The van der Waals surface area contributed by atoms with Crippen LogP contribution in [0.4, 0.5) is 11.4 Å². The summed E-state index contributed by atoms with van der Waals surface area (Å²) < 4.78 is 0. The van der Waals surface area contributed by atoms with Crippen molar-refractivity contribution in [2.75, 3.05) is 12.4 Å². The van der Waals surface area contributed by atoms with Crippen LogP contribution in [0.5, 0.6) is 0 Å². The average Bonchev–Trinajstić information content (AvgIpc) is 2.89. The normalized spacial score (nSPS) is 10.3. The van der Waals surface area contributed by atoms with Crippen LogP contribution in [0.2, 0.25) is 0 Å². The highest BCUT2D eigenvalue weighted by Gasteiger charge is 2.13. The highest BCUT2D eigenvalue weighted by Crippen LogP contribution is 2.27. The number of aromatic amines is 1. The Morgan fingerprint density at radius 2 is 2.39 bits per heavy atom. The largest absolute Gasteiger partial charge is 0.383 e. The van der Waals surface area contributed by atoms with Crippen LogP contribution in [0.1, 0.15) is 5.56 Å². The van der Waals surface area contributed by atoms with E-state index in [4.69, 9.17) is 0 Å². The molecule has 0 spiro atoms. The molecule has 0 fully saturated rings. The van der Waals surface area contributed by atoms with Crippen LogP contribution in [0.3, 0.4) is 0 Å². The first-order chi connectivity index (χ1) is 8.70. The Morgan fingerprint density at radius 1 is 1.56 bits per heavy atom. The van der Waals surface area contributed by atoms with E-state index < -0.39 is 4.92 Å². The Kier molecular flexibility index (Phi) is 3.78. The number of H-pyrrole nitrogens is 1. The summed E-state index contributed by atoms with van der Waals surface area (Å²) in [6.45, 7) is 0. The van der Waals surface area contributed by atoms with Gasteiger partial charge in [0.25, 0.3) is 5.69 Å². The molecule has 0 saturated heterocycles. The number of hydrogen-bond donors (Lipinski definition) is 2. The summed E-state index contributed by atoms with van der Waals surface area (Å²) in [4.78, 5) is 14.5. The van der Waals surface area contributed by atoms with Gasteiger partial charge in [-0.25, -0.2) is 4.98 Å². The van der Waals surface area contributed by atoms with E-state index in [1.165, 1.54) is 18.1 Å². The molecule has 0 aliphatic rings. The molecular formula is C10H11N5O2S. The highest BCUT2D eigenvalue weighted by molar-refractivity contribution is 7.98. The topological polar surface area (TPSA) is 96.7 Å². The quantitative estimate of drug-likeness (QED) is 0.488. The van der Waals surface area contributed by atoms with Crippen molar-refractivity contribution in [3.05, 3.63) is 40.2 Å². The van der Waals surface area contributed by atoms with Crippen molar-refractivity contribution in [2.45, 2.75) is 10.9 Å². The Bertz CT molecular complexity index is 543. The van der Waals surface area contributed by atoms with Gasteiger partial charge in [-0.1, -0.05) is 17.8 Å². The molecule has 0 radical (unpaired) electrons. The van der Waals surface area contributed by atoms with Gasteiger partial charge in [-0.05, 0) is 11.6 Å². The van der Waals surface area contributed by atoms with Crippen LogP contribution in [-0.4, -0.2) is 27.2 Å². The van der Waals surface area contributed by atoms with Crippen LogP contribution < -0.4 is 5.32 Å². The van der Waals surface area contributed by atoms with E-state index in [2.05, 4.69) is 20.5 Å². The molecular weight excluding hydrogens is 254 g/mol. The maximum absolute atomic E-state index is 10.9. The van der Waals surface area contributed by atoms with Crippen molar-refractivity contribution in [1.29, 1.82) is 0 Å². The maximum atomic E-state index is 10.9. The van der Waals surface area contributed by atoms with Gasteiger partial charge in [0.05, 0.1) is 4.92 Å². The highest BCUT2D eigenvalue weighted by atomic mass is 32.2. The predicted octanol–water partition coefficient (Wildman–Crippen LogP) is 2.05. The summed E-state index contributed by atoms with van der Waals surface area (Å²) in [7, 11) is 1.66. The third-order valence-corrected chi connectivity index (χ3v) is 3.24. The van der Waals surface area contributed by atoms with Gasteiger partial charge in [-0.2, -0.15) is 5.10 Å². The number of hydrogen-bond acceptors (Lipinski definition) is 6. The third kappa shape index (κ3) is 2.77. The number of nitro groups is 1. The monoisotopic (exact) mass is 265 g/mol. The Balaban J connectivity index is 2.14. The lowest BCUT2D eigenvalue weighted by Gasteiger charge is -2.04. The van der Waals surface area contributed by atoms with Crippen molar-refractivity contribution < 1.29 is 4.92 Å². The molecule has 1 heterocycles. The van der Waals surface area contributed by atoms with E-state index in [-0.39, 0.29) is 5.69 Å². The number of aromatic nitrogens is 3. The maximum Gasteiger partial charge on any atom is 0.292 e. The number of nitrogens with zero attached hydrogens (tertiary/aromatic N) is 3. The molecule has 2 N–H and O–H groups in total. The number of anilines is 1. The molecule has 0 aliphatic heterocycles. The van der Waals surface area contributed by atoms with Crippen molar-refractivity contribution in [2.24, 2.45) is 0 Å². The summed E-state index contributed by atoms with van der Waals surface area (Å²) >= 11 is 1.44. The minimum Gasteiger partial charge on any atom is -0.383 e. The minimum atomic E-state index is -0.394. The molecule has 2 rings (SSSR count). The van der Waals surface area contributed by atoms with E-state index in [0.29, 0.717) is 16.6 Å². The average molecular weight is 265 g/mol. The van der Waals surface area contributed by atoms with E-state index in [9.17, 15) is 10.1 Å². The second-order valence-electron chi connectivity index (χ2n) is 3.44. The molecule has 0 amide bonds. The number of thioether (sulfide) groups is 1. The molecule has 94 valence electrons. The van der Waals surface area contributed by atoms with Gasteiger partial charge in [-0.3, -0.25) is 15.2 Å². The fourth-order valence-electron chi connectivity index (χ4n) is 1.44. The Hall–Kier alpha value is -2.09. The molecule has 18 heavy (non-hydrogen) atoms. The Labute approximate surface area is 107 Å². The number of nitro benzene ring substituents is 1. The summed E-state index contributed by atoms with van der Waals surface area (Å²) in [5, 5.41) is 20.8. The zero-order valence-corrected chi connectivity index (χ0v) is 10.4. The second-order valence-corrected chi connectivity index (χ2v) is 4.40. The van der Waals surface area contributed by atoms with Gasteiger partial charge in [0.2, 0.25) is 0 Å². The molecule has 1 aromatic heterocycles. The molecule has 0 atom stereocenters. The van der Waals surface area contributed by atoms with Gasteiger partial charge >= 0.3 is 0 Å². The molecule has 0 bridgehead atoms. The zero-order valence-electron chi connectivity index (χ0n) is 9.58. The predicted molar refractivity (Wildman–Crippen MR) is 68.6 cm³/mol. The minimum absolute atomic E-state index is 0.0770. The van der Waals surface area contributed by atoms with Gasteiger partial charge in [0.1, 0.15) is 12.0 Å². The fraction of sp³-hybridized carbons (Fsp3) is 0.200. The third-order valence-electron chi connectivity index (χ3n) is 2.30. The number of nitrogens with one attached hydrogen (secondary N) is 2. The summed E-state index contributed by atoms with van der Waals surface area (Å²) in [5.41, 5.74) is 1.45. The molecule has 7 nitrogen and oxygen atoms in total. The van der Waals surface area contributed by atoms with Crippen molar-refractivity contribution in [3.8, 4) is 0 Å². The molecule has 2 aromatic rings. The molecule has 1 aromatic carbocycles. The van der Waals surface area contributed by atoms with Crippen molar-refractivity contribution >= 4 is 23.1 Å². The van der Waals surface area contributed by atoms with E-state index in [1.54, 1.807) is 19.2 Å². The molecule has 8 heteroatoms. The SMILES string of the molecule is CNc1ccc(CSc2ncn[nH]2)cc1[N+](=O)[O-]. The standard InChI is InChI=1S/C10H11N5O2S/c1-11-8-3-2-7(4-9(8)15(16)17)5-18-10-12-6-13-14-10/h2-4,6,11H,5H2,1H3,(H,12,13,14). The van der Waals surface area contributed by atoms with Crippen LogP contribution in [0, 0.1) is 10.1 Å². The first-order valence-electron chi connectivity index (χ1n) is 5.14. The van der Waals surface area contributed by atoms with E-state index >= 15 is 0 Å². The first-order valence-corrected chi connectivity index (χ1v) is 6.12. The van der Waals surface area contributed by atoms with Crippen molar-refractivity contribution in [3.63, 3.8) is 0 Å². The van der Waals surface area contributed by atoms with E-state index in [0.717, 1.165) is 5.56 Å². The summed E-state index contributed by atoms with van der Waals surface area (Å²) in [6, 6.07) is 5.12. The fourth-order valence-corrected chi connectivity index (χ4v) is 2.17. The van der Waals surface area contributed by atoms with Gasteiger partial charge in [0.15, 0.2) is 5.16 Å². The molecule has 0 saturated carbocycles. The van der Waals surface area contributed by atoms with Crippen molar-refractivity contribution in [1.82, 2.24) is 15.2 Å². The van der Waals surface area contributed by atoms with Crippen LogP contribution in [0.15, 0.2) is 29.7 Å². The summed E-state index contributed by atoms with van der Waals surface area (Å²) in [5.74, 6) is 0.597. The smallest absolute Gasteiger partial charge is 0.292 e. The number of rotatable bonds is 5. The van der Waals surface area contributed by atoms with Crippen LogP contribution >= 0.6 is 11.8 Å². The number of benzene rings is 1. The van der Waals surface area contributed by atoms with Gasteiger partial charge in [-0.15, -0.1) is 0 Å². The first kappa shape index (κ1) is 12.4. The van der Waals surface area contributed by atoms with E-state index in [1.807, 2.05) is 6.07 Å². The molecule has 0 aliphatic carbocycles. The van der Waals surface area contributed by atoms with Gasteiger partial charge < -0.3 is 5.32 Å². The lowest BCUT2D eigenvalue weighted by Crippen LogP contribution is -1.97. The zero-order chi connectivity index (χ0) is 13.0.